The van der Waals surface area contributed by atoms with Gasteiger partial charge in [-0.3, -0.25) is 0 Å². The first-order valence-corrected chi connectivity index (χ1v) is 12.0. The molecular weight excluding hydrogens is 463 g/mol. The van der Waals surface area contributed by atoms with Crippen LogP contribution in [0.1, 0.15) is 54.2 Å². The molecule has 1 aliphatic carbocycles. The average molecular weight is 491 g/mol. The molecule has 1 saturated carbocycles. The molecule has 6 nitrogen and oxygen atoms in total. The number of halogens is 2. The third-order valence-corrected chi connectivity index (χ3v) is 6.99. The zero-order chi connectivity index (χ0) is 23.6. The summed E-state index contributed by atoms with van der Waals surface area (Å²) in [5.41, 5.74) is 1.42. The average Bonchev–Trinajstić information content (AvgIpc) is 3.14. The van der Waals surface area contributed by atoms with Crippen LogP contribution in [0.2, 0.25) is 10.0 Å². The van der Waals surface area contributed by atoms with Gasteiger partial charge in [0.05, 0.1) is 17.2 Å². The number of carbonyl (C=O) groups excluding carboxylic acids is 1. The third-order valence-electron chi connectivity index (χ3n) is 6.47. The van der Waals surface area contributed by atoms with Gasteiger partial charge in [0.25, 0.3) is 0 Å². The van der Waals surface area contributed by atoms with Crippen molar-refractivity contribution in [1.29, 1.82) is 0 Å². The summed E-state index contributed by atoms with van der Waals surface area (Å²) in [5.74, 6) is -0.356. The number of esters is 1. The van der Waals surface area contributed by atoms with E-state index in [2.05, 4.69) is 10.3 Å². The molecule has 0 bridgehead atoms. The predicted molar refractivity (Wildman–Crippen MR) is 130 cm³/mol. The van der Waals surface area contributed by atoms with E-state index in [4.69, 9.17) is 27.9 Å². The van der Waals surface area contributed by atoms with E-state index in [1.165, 1.54) is 0 Å². The number of nitrogens with one attached hydrogen (secondary N) is 2. The van der Waals surface area contributed by atoms with E-state index >= 15 is 0 Å². The molecule has 1 aliphatic rings. The SMILES string of the molecule is CCOC(=O)c1[nH]c2cc(Cl)cc(Cl)c2c1CNCC1CCCCC1(O)c1cccc(O)c1. The van der Waals surface area contributed by atoms with Crippen molar-refractivity contribution in [3.63, 3.8) is 0 Å². The molecule has 176 valence electrons. The van der Waals surface area contributed by atoms with Gasteiger partial charge in [-0.25, -0.2) is 4.79 Å². The summed E-state index contributed by atoms with van der Waals surface area (Å²) in [5, 5.41) is 26.6. The molecule has 2 unspecified atom stereocenters. The lowest BCUT2D eigenvalue weighted by Crippen LogP contribution is -2.43. The summed E-state index contributed by atoms with van der Waals surface area (Å²) < 4.78 is 5.23. The van der Waals surface area contributed by atoms with Crippen LogP contribution in [0.15, 0.2) is 36.4 Å². The first-order chi connectivity index (χ1) is 15.8. The Morgan fingerprint density at radius 2 is 2.09 bits per heavy atom. The Bertz CT molecular complexity index is 1160. The third kappa shape index (κ3) is 4.85. The van der Waals surface area contributed by atoms with Crippen LogP contribution in [-0.4, -0.2) is 34.3 Å². The Labute approximate surface area is 202 Å². The number of phenols is 1. The van der Waals surface area contributed by atoms with E-state index in [9.17, 15) is 15.0 Å². The van der Waals surface area contributed by atoms with Crippen LogP contribution in [0.4, 0.5) is 0 Å². The highest BCUT2D eigenvalue weighted by Crippen LogP contribution is 2.42. The van der Waals surface area contributed by atoms with Gasteiger partial charge in [0.2, 0.25) is 0 Å². The molecule has 3 aromatic rings. The van der Waals surface area contributed by atoms with Crippen LogP contribution in [0.3, 0.4) is 0 Å². The van der Waals surface area contributed by atoms with E-state index in [1.807, 2.05) is 6.07 Å². The maximum absolute atomic E-state index is 12.6. The molecule has 0 spiro atoms. The minimum Gasteiger partial charge on any atom is -0.508 e. The highest BCUT2D eigenvalue weighted by molar-refractivity contribution is 6.39. The molecule has 0 aliphatic heterocycles. The topological polar surface area (TPSA) is 94.6 Å². The van der Waals surface area contributed by atoms with Crippen molar-refractivity contribution in [2.24, 2.45) is 5.92 Å². The lowest BCUT2D eigenvalue weighted by molar-refractivity contribution is -0.0538. The van der Waals surface area contributed by atoms with Gasteiger partial charge in [0.1, 0.15) is 11.4 Å². The molecule has 8 heteroatoms. The smallest absolute Gasteiger partial charge is 0.355 e. The van der Waals surface area contributed by atoms with Gasteiger partial charge in [-0.15, -0.1) is 0 Å². The van der Waals surface area contributed by atoms with Crippen molar-refractivity contribution in [3.8, 4) is 5.75 Å². The van der Waals surface area contributed by atoms with Crippen molar-refractivity contribution < 1.29 is 19.7 Å². The molecule has 1 fully saturated rings. The van der Waals surface area contributed by atoms with Crippen LogP contribution in [0.5, 0.6) is 5.75 Å². The largest absolute Gasteiger partial charge is 0.508 e. The first-order valence-electron chi connectivity index (χ1n) is 11.2. The van der Waals surface area contributed by atoms with Gasteiger partial charge in [-0.1, -0.05) is 48.2 Å². The molecule has 0 radical (unpaired) electrons. The zero-order valence-corrected chi connectivity index (χ0v) is 20.0. The number of fused-ring (bicyclic) bond motifs is 1. The maximum Gasteiger partial charge on any atom is 0.355 e. The van der Waals surface area contributed by atoms with Crippen molar-refractivity contribution >= 4 is 40.1 Å². The molecule has 4 rings (SSSR count). The summed E-state index contributed by atoms with van der Waals surface area (Å²) >= 11 is 12.6. The maximum atomic E-state index is 12.6. The molecule has 1 aromatic heterocycles. The summed E-state index contributed by atoms with van der Waals surface area (Å²) in [4.78, 5) is 15.7. The number of hydrogen-bond donors (Lipinski definition) is 4. The first kappa shape index (κ1) is 23.9. The molecule has 2 atom stereocenters. The number of phenolic OH excluding ortho intramolecular Hbond substituents is 1. The molecule has 33 heavy (non-hydrogen) atoms. The van der Waals surface area contributed by atoms with E-state index in [0.717, 1.165) is 30.2 Å². The van der Waals surface area contributed by atoms with Crippen molar-refractivity contribution in [2.45, 2.75) is 44.8 Å². The molecule has 4 N–H and O–H groups in total. The van der Waals surface area contributed by atoms with Gasteiger partial charge in [0.15, 0.2) is 0 Å². The number of H-pyrrole nitrogens is 1. The Kier molecular flexibility index (Phi) is 7.19. The molecule has 0 saturated heterocycles. The van der Waals surface area contributed by atoms with E-state index < -0.39 is 11.6 Å². The fourth-order valence-electron chi connectivity index (χ4n) is 4.89. The second kappa shape index (κ2) is 9.94. The highest BCUT2D eigenvalue weighted by atomic mass is 35.5. The van der Waals surface area contributed by atoms with Crippen LogP contribution < -0.4 is 5.32 Å². The van der Waals surface area contributed by atoms with Gasteiger partial charge >= 0.3 is 5.97 Å². The van der Waals surface area contributed by atoms with Crippen LogP contribution in [0.25, 0.3) is 10.9 Å². The number of carbonyl (C=O) groups is 1. The number of aromatic hydroxyl groups is 1. The Balaban J connectivity index is 1.59. The summed E-state index contributed by atoms with van der Waals surface area (Å²) in [6.45, 7) is 2.91. The quantitative estimate of drug-likeness (QED) is 0.327. The summed E-state index contributed by atoms with van der Waals surface area (Å²) in [6, 6.07) is 10.2. The van der Waals surface area contributed by atoms with Gasteiger partial charge in [-0.2, -0.15) is 0 Å². The minimum absolute atomic E-state index is 0.0470. The number of ether oxygens (including phenoxy) is 1. The van der Waals surface area contributed by atoms with E-state index in [-0.39, 0.29) is 18.3 Å². The van der Waals surface area contributed by atoms with Gasteiger partial charge < -0.3 is 25.3 Å². The number of aromatic amines is 1. The molecular formula is C25H28Cl2N2O4. The lowest BCUT2D eigenvalue weighted by atomic mass is 9.71. The summed E-state index contributed by atoms with van der Waals surface area (Å²) in [7, 11) is 0. The van der Waals surface area contributed by atoms with Crippen molar-refractivity contribution in [3.05, 3.63) is 63.3 Å². The van der Waals surface area contributed by atoms with Crippen LogP contribution in [0, 0.1) is 5.92 Å². The lowest BCUT2D eigenvalue weighted by Gasteiger charge is -2.40. The van der Waals surface area contributed by atoms with E-state index in [0.29, 0.717) is 46.3 Å². The second-order valence-corrected chi connectivity index (χ2v) is 9.40. The summed E-state index contributed by atoms with van der Waals surface area (Å²) in [6.07, 6.45) is 3.44. The monoisotopic (exact) mass is 490 g/mol. The second-order valence-electron chi connectivity index (χ2n) is 8.56. The fourth-order valence-corrected chi connectivity index (χ4v) is 5.50. The number of hydrogen-bond acceptors (Lipinski definition) is 5. The minimum atomic E-state index is -1.03. The molecule has 1 heterocycles. The number of benzene rings is 2. The van der Waals surface area contributed by atoms with Crippen molar-refractivity contribution in [1.82, 2.24) is 10.3 Å². The standard InChI is InChI=1S/C25H28Cl2N2O4/c1-2-33-24(31)23-19(22-20(27)11-17(26)12-21(22)29-23)14-28-13-16-6-3-4-9-25(16,32)15-7-5-8-18(30)10-15/h5,7-8,10-12,16,28-30,32H,2-4,6,9,13-14H2,1H3. The highest BCUT2D eigenvalue weighted by Gasteiger charge is 2.40. The molecule has 2 aromatic carbocycles. The zero-order valence-electron chi connectivity index (χ0n) is 18.5. The van der Waals surface area contributed by atoms with Crippen LogP contribution >= 0.6 is 23.2 Å². The van der Waals surface area contributed by atoms with Gasteiger partial charge in [0, 0.05) is 40.5 Å². The Hall–Kier alpha value is -2.25. The number of rotatable bonds is 7. The fraction of sp³-hybridized carbons (Fsp3) is 0.400. The van der Waals surface area contributed by atoms with Gasteiger partial charge in [-0.05, 0) is 49.6 Å². The normalized spacial score (nSPS) is 20.8. The number of aromatic nitrogens is 1. The molecule has 0 amide bonds. The Morgan fingerprint density at radius 3 is 2.85 bits per heavy atom. The predicted octanol–water partition coefficient (Wildman–Crippen LogP) is 5.52. The number of aliphatic hydroxyl groups is 1. The van der Waals surface area contributed by atoms with E-state index in [1.54, 1.807) is 37.3 Å². The van der Waals surface area contributed by atoms with Crippen LogP contribution in [-0.2, 0) is 16.9 Å². The Morgan fingerprint density at radius 1 is 1.27 bits per heavy atom. The van der Waals surface area contributed by atoms with Crippen molar-refractivity contribution in [2.75, 3.05) is 13.2 Å².